The Morgan fingerprint density at radius 3 is 2.11 bits per heavy atom. The zero-order valence-corrected chi connectivity index (χ0v) is 69.5. The number of nitrogens with one attached hydrogen (secondary N) is 4. The van der Waals surface area contributed by atoms with Gasteiger partial charge in [0.15, 0.2) is 0 Å². The molecule has 0 spiro atoms. The average molecular weight is 1670 g/mol. The number of rotatable bonds is 34. The Hall–Kier alpha value is -7.53. The van der Waals surface area contributed by atoms with E-state index in [1.165, 1.54) is 39.4 Å². The number of nitrogens with zero attached hydrogens (tertiary/aromatic N) is 6. The summed E-state index contributed by atoms with van der Waals surface area (Å²) in [7, 11) is -11.1. The van der Waals surface area contributed by atoms with Crippen LogP contribution in [0.25, 0.3) is 16.0 Å². The van der Waals surface area contributed by atoms with Crippen molar-refractivity contribution in [1.29, 1.82) is 0 Å². The molecule has 114 heavy (non-hydrogen) atoms. The summed E-state index contributed by atoms with van der Waals surface area (Å²) in [6, 6.07) is 29.6. The van der Waals surface area contributed by atoms with Crippen molar-refractivity contribution in [2.45, 2.75) is 150 Å². The molecule has 5 amide bonds. The normalized spacial score (nSPS) is 19.2. The molecule has 5 aromatic carbocycles. The molecule has 2 unspecified atom stereocenters. The summed E-state index contributed by atoms with van der Waals surface area (Å²) < 4.78 is 123. The van der Waals surface area contributed by atoms with E-state index in [0.717, 1.165) is 102 Å². The van der Waals surface area contributed by atoms with E-state index in [-0.39, 0.29) is 94.5 Å². The van der Waals surface area contributed by atoms with Crippen molar-refractivity contribution in [3.63, 3.8) is 0 Å². The van der Waals surface area contributed by atoms with Gasteiger partial charge in [-0.1, -0.05) is 106 Å². The lowest BCUT2D eigenvalue weighted by Gasteiger charge is -2.47. The highest BCUT2D eigenvalue weighted by molar-refractivity contribution is 7.99. The number of carbonyl (C=O) groups excluding carboxylic acids is 5. The van der Waals surface area contributed by atoms with Crippen LogP contribution in [0.15, 0.2) is 141 Å². The van der Waals surface area contributed by atoms with Crippen LogP contribution in [0.3, 0.4) is 0 Å². The number of likely N-dealkylation sites (tertiary alicyclic amines) is 1. The standard InChI is InChI=1S/C82H104ClF3N10O14S4/c1-54(56-13-15-58(16-14-56)75-55(2)87-53-112-75)88-78(101)71-44-65(97)49-96(71)79(102)76(80(3,4)5)90-73(98)50-109-41-39-107-37-38-108-40-42-110-51-74(99)94-34-31-92(32-35-94)30-28-63(52-111-66-11-9-8-10-12-66)89-69-25-24-67(45-72(69)113(103,104)82(84,85)86)114(105,106)91-77(100)60-20-26-70-59(43-60)19-23-64-48-93(33-36-95(64)70)47-61-46-81(6,7)29-27-68(61)57-17-21-62(83)22-18-57/h8-18,20-22,24-26,43,45,53-54,63-65,71,76,89,97H,19,23,27-42,44,46-52H2,1-7H3,(H,88,101)(H,90,98)(H,91,100)/t54?,63-,64?,65-,71+,76-/m1/s1. The SMILES string of the molecule is Cc1ncsc1-c1ccc(C(C)NC(=O)[C@@H]2C[C@@H](O)CN2C(=O)[C@@H](NC(=O)COCCOCCOCCOCC(=O)N2CCN(CC[C@H](CSc3ccccc3)Nc3ccc(S(=O)(=O)NC(=O)c4ccc5c(c4)CCC4CN(CC6=C(c7ccc(Cl)cc7)CCC(C)(C)C6)CCN54)cc3S(=O)(=O)C(F)(F)F)CC2)C(C)(C)C)cc1. The summed E-state index contributed by atoms with van der Waals surface area (Å²) >= 11 is 9.20. The number of aryl methyl sites for hydroxylation is 2. The molecule has 32 heteroatoms. The molecule has 0 radical (unpaired) electrons. The second-order valence-electron chi connectivity index (χ2n) is 31.6. The van der Waals surface area contributed by atoms with E-state index in [1.54, 1.807) is 54.7 Å². The van der Waals surface area contributed by atoms with E-state index in [0.29, 0.717) is 56.7 Å². The Balaban J connectivity index is 0.592. The number of anilines is 2. The molecule has 11 rings (SSSR count). The number of amides is 5. The number of hydrogen-bond donors (Lipinski definition) is 5. The fourth-order valence-electron chi connectivity index (χ4n) is 15.2. The van der Waals surface area contributed by atoms with Gasteiger partial charge in [-0.3, -0.25) is 33.8 Å². The molecule has 24 nitrogen and oxygen atoms in total. The third-order valence-corrected chi connectivity index (χ3v) is 26.8. The Labute approximate surface area is 679 Å². The van der Waals surface area contributed by atoms with E-state index < -0.39 is 100 Å². The molecule has 3 fully saturated rings. The van der Waals surface area contributed by atoms with Crippen LogP contribution in [-0.4, -0.2) is 236 Å². The number of β-amino-alcohol motifs (C(OH)–C–C–N with tert-alkyl or cyclic N) is 1. The summed E-state index contributed by atoms with van der Waals surface area (Å²) in [4.78, 5) is 82.1. The predicted molar refractivity (Wildman–Crippen MR) is 435 cm³/mol. The highest BCUT2D eigenvalue weighted by Gasteiger charge is 2.49. The maximum absolute atomic E-state index is 14.6. The molecule has 0 saturated carbocycles. The maximum Gasteiger partial charge on any atom is 0.501 e. The van der Waals surface area contributed by atoms with E-state index in [2.05, 4.69) is 61.6 Å². The third kappa shape index (κ3) is 23.0. The largest absolute Gasteiger partial charge is 0.501 e. The first-order valence-electron chi connectivity index (χ1n) is 38.7. The molecule has 5 heterocycles. The van der Waals surface area contributed by atoms with Crippen LogP contribution in [0.5, 0.6) is 0 Å². The summed E-state index contributed by atoms with van der Waals surface area (Å²) in [6.45, 7) is 19.3. The van der Waals surface area contributed by atoms with Crippen LogP contribution in [0, 0.1) is 17.8 Å². The van der Waals surface area contributed by atoms with Crippen molar-refractivity contribution in [2.24, 2.45) is 10.8 Å². The monoisotopic (exact) mass is 1670 g/mol. The zero-order chi connectivity index (χ0) is 81.7. The number of thiazole rings is 1. The van der Waals surface area contributed by atoms with Crippen molar-refractivity contribution >= 4 is 101 Å². The first kappa shape index (κ1) is 87.3. The van der Waals surface area contributed by atoms with E-state index >= 15 is 0 Å². The fraction of sp³-hybridized carbons (Fsp3) is 0.512. The van der Waals surface area contributed by atoms with Crippen LogP contribution in [-0.2, 0) is 64.4 Å². The molecular formula is C82H104ClF3N10O14S4. The maximum atomic E-state index is 14.6. The molecule has 5 N–H and O–H groups in total. The lowest BCUT2D eigenvalue weighted by Crippen LogP contribution is -2.58. The van der Waals surface area contributed by atoms with Gasteiger partial charge in [-0.05, 0) is 152 Å². The molecule has 1 aliphatic carbocycles. The second kappa shape index (κ2) is 38.7. The number of thioether (sulfide) groups is 1. The first-order chi connectivity index (χ1) is 54.2. The molecule has 1 aromatic heterocycles. The summed E-state index contributed by atoms with van der Waals surface area (Å²) in [5.41, 5.74) is 3.57. The number of piperazine rings is 2. The zero-order valence-electron chi connectivity index (χ0n) is 65.5. The van der Waals surface area contributed by atoms with Gasteiger partial charge in [0.2, 0.25) is 23.6 Å². The Bertz CT molecular complexity index is 4610. The molecule has 5 aliphatic rings. The minimum Gasteiger partial charge on any atom is -0.391 e. The average Bonchev–Trinajstić information content (AvgIpc) is 1.11. The Morgan fingerprint density at radius 2 is 1.44 bits per heavy atom. The second-order valence-corrected chi connectivity index (χ2v) is 37.6. The number of alkyl halides is 3. The van der Waals surface area contributed by atoms with Gasteiger partial charge in [-0.25, -0.2) is 26.5 Å². The van der Waals surface area contributed by atoms with Crippen LogP contribution < -0.4 is 25.6 Å². The predicted octanol–water partition coefficient (Wildman–Crippen LogP) is 10.8. The molecule has 618 valence electrons. The number of aromatic nitrogens is 1. The van der Waals surface area contributed by atoms with Crippen molar-refractivity contribution in [3.05, 3.63) is 159 Å². The minimum atomic E-state index is -6.19. The number of sulfonamides is 1. The first-order valence-corrected chi connectivity index (χ1v) is 43.9. The number of hydrogen-bond acceptors (Lipinski definition) is 21. The van der Waals surface area contributed by atoms with Gasteiger partial charge in [0.1, 0.15) is 30.2 Å². The van der Waals surface area contributed by atoms with Gasteiger partial charge >= 0.3 is 5.51 Å². The fourth-order valence-corrected chi connectivity index (χ4v) is 19.2. The van der Waals surface area contributed by atoms with E-state index in [4.69, 9.17) is 30.5 Å². The van der Waals surface area contributed by atoms with Crippen LogP contribution in [0.2, 0.25) is 5.02 Å². The van der Waals surface area contributed by atoms with Gasteiger partial charge < -0.3 is 54.7 Å². The van der Waals surface area contributed by atoms with Crippen LogP contribution >= 0.6 is 34.7 Å². The Kier molecular flexibility index (Phi) is 29.6. The van der Waals surface area contributed by atoms with Crippen molar-refractivity contribution in [1.82, 2.24) is 39.9 Å². The number of fused-ring (bicyclic) bond motifs is 3. The van der Waals surface area contributed by atoms with Gasteiger partial charge in [0.05, 0.1) is 78.5 Å². The minimum absolute atomic E-state index is 0.0145. The van der Waals surface area contributed by atoms with Crippen LogP contribution in [0.4, 0.5) is 24.5 Å². The quantitative estimate of drug-likeness (QED) is 0.0185. The third-order valence-electron chi connectivity index (χ3n) is 21.5. The summed E-state index contributed by atoms with van der Waals surface area (Å²) in [5, 5.41) is 20.2. The highest BCUT2D eigenvalue weighted by Crippen LogP contribution is 2.44. The Morgan fingerprint density at radius 1 is 0.772 bits per heavy atom. The summed E-state index contributed by atoms with van der Waals surface area (Å²) in [6.07, 6.45) is 3.92. The van der Waals surface area contributed by atoms with Crippen molar-refractivity contribution in [3.8, 4) is 10.4 Å². The molecule has 4 aliphatic heterocycles. The van der Waals surface area contributed by atoms with Gasteiger partial charge in [-0.2, -0.15) is 13.2 Å². The number of sulfone groups is 1. The molecule has 6 aromatic rings. The number of aliphatic hydroxyl groups excluding tert-OH is 1. The molecule has 6 atom stereocenters. The molecular weight excluding hydrogens is 1570 g/mol. The smallest absolute Gasteiger partial charge is 0.391 e. The van der Waals surface area contributed by atoms with Gasteiger partial charge in [0, 0.05) is 111 Å². The summed E-state index contributed by atoms with van der Waals surface area (Å²) in [5.74, 6) is -2.47. The van der Waals surface area contributed by atoms with Crippen molar-refractivity contribution < 1.29 is 78.0 Å². The van der Waals surface area contributed by atoms with E-state index in [1.807, 2.05) is 85.3 Å². The van der Waals surface area contributed by atoms with Crippen molar-refractivity contribution in [2.75, 3.05) is 134 Å². The number of allylic oxidation sites excluding steroid dienone is 1. The number of carbonyl (C=O) groups is 5. The number of benzene rings is 5. The van der Waals surface area contributed by atoms with E-state index in [9.17, 15) is 59.1 Å². The number of aliphatic hydroxyl groups is 1. The van der Waals surface area contributed by atoms with Gasteiger partial charge in [-0.15, -0.1) is 23.1 Å². The highest BCUT2D eigenvalue weighted by atomic mass is 35.5. The van der Waals surface area contributed by atoms with Gasteiger partial charge in [0.25, 0.3) is 25.8 Å². The topological polar surface area (TPSA) is 288 Å². The molecule has 3 saturated heterocycles. The lowest BCUT2D eigenvalue weighted by molar-refractivity contribution is -0.144. The number of ether oxygens (including phenoxy) is 4. The van der Waals surface area contributed by atoms with Crippen LogP contribution in [0.1, 0.15) is 119 Å². The lowest BCUT2D eigenvalue weighted by atomic mass is 9.72. The number of halogens is 4. The molecule has 0 bridgehead atoms.